The second kappa shape index (κ2) is 10.7. The van der Waals surface area contributed by atoms with Crippen molar-refractivity contribution in [2.45, 2.75) is 23.8 Å². The molecule has 0 spiro atoms. The topological polar surface area (TPSA) is 113 Å². The van der Waals surface area contributed by atoms with Gasteiger partial charge in [-0.15, -0.1) is 0 Å². The van der Waals surface area contributed by atoms with Crippen molar-refractivity contribution in [2.75, 3.05) is 4.72 Å². The quantitative estimate of drug-likeness (QED) is 0.392. The van der Waals surface area contributed by atoms with E-state index >= 15 is 0 Å². The van der Waals surface area contributed by atoms with E-state index in [1.54, 1.807) is 0 Å². The third kappa shape index (κ3) is 7.21. The standard InChI is InChI=1S/C23H20Cl2N2O5S/c24-17-11-18(25)13-21(12-17)33(31,32)27-19-8-6-16(7-9-19)23(30)26-20(14-22(28)29)10-15-4-2-1-3-5-15/h1-9,11-13,20,27H,10,14H2,(H,26,30)(H,28,29). The molecular weight excluding hydrogens is 487 g/mol. The number of carboxylic acids is 1. The number of carboxylic acid groups (broad SMARTS) is 1. The summed E-state index contributed by atoms with van der Waals surface area (Å²) >= 11 is 11.8. The van der Waals surface area contributed by atoms with E-state index in [-0.39, 0.29) is 32.6 Å². The van der Waals surface area contributed by atoms with Crippen molar-refractivity contribution < 1.29 is 23.1 Å². The number of hydrogen-bond donors (Lipinski definition) is 3. The second-order valence-electron chi connectivity index (χ2n) is 7.25. The summed E-state index contributed by atoms with van der Waals surface area (Å²) in [6.07, 6.45) is 0.125. The molecule has 3 aromatic rings. The normalized spacial score (nSPS) is 12.1. The van der Waals surface area contributed by atoms with Crippen molar-refractivity contribution in [1.82, 2.24) is 5.32 Å². The van der Waals surface area contributed by atoms with Crippen molar-refractivity contribution in [2.24, 2.45) is 0 Å². The number of anilines is 1. The Kier molecular flexibility index (Phi) is 7.97. The number of amides is 1. The summed E-state index contributed by atoms with van der Waals surface area (Å²) in [6, 6.07) is 18.3. The fourth-order valence-electron chi connectivity index (χ4n) is 3.14. The smallest absolute Gasteiger partial charge is 0.305 e. The van der Waals surface area contributed by atoms with E-state index in [2.05, 4.69) is 10.0 Å². The van der Waals surface area contributed by atoms with Gasteiger partial charge in [-0.3, -0.25) is 14.3 Å². The highest BCUT2D eigenvalue weighted by molar-refractivity contribution is 7.92. The zero-order valence-electron chi connectivity index (χ0n) is 17.2. The molecular formula is C23H20Cl2N2O5S. The summed E-state index contributed by atoms with van der Waals surface area (Å²) in [7, 11) is -3.94. The van der Waals surface area contributed by atoms with Crippen LogP contribution in [0.2, 0.25) is 10.0 Å². The minimum Gasteiger partial charge on any atom is -0.481 e. The lowest BCUT2D eigenvalue weighted by Gasteiger charge is -2.17. The van der Waals surface area contributed by atoms with Crippen LogP contribution in [0.5, 0.6) is 0 Å². The Morgan fingerprint density at radius 2 is 1.52 bits per heavy atom. The fraction of sp³-hybridized carbons (Fsp3) is 0.130. The third-order valence-corrected chi connectivity index (χ3v) is 6.42. The average Bonchev–Trinajstić information content (AvgIpc) is 2.73. The number of nitrogens with one attached hydrogen (secondary N) is 2. The number of hydrogen-bond acceptors (Lipinski definition) is 4. The van der Waals surface area contributed by atoms with Crippen molar-refractivity contribution in [3.63, 3.8) is 0 Å². The SMILES string of the molecule is O=C(O)CC(Cc1ccccc1)NC(=O)c1ccc(NS(=O)(=O)c2cc(Cl)cc(Cl)c2)cc1. The Morgan fingerprint density at radius 3 is 2.09 bits per heavy atom. The van der Waals surface area contributed by atoms with Crippen LogP contribution in [-0.2, 0) is 21.2 Å². The molecule has 1 amide bonds. The maximum Gasteiger partial charge on any atom is 0.305 e. The number of aliphatic carboxylic acids is 1. The van der Waals surface area contributed by atoms with Gasteiger partial charge in [0.15, 0.2) is 0 Å². The van der Waals surface area contributed by atoms with Gasteiger partial charge >= 0.3 is 5.97 Å². The maximum absolute atomic E-state index is 12.6. The van der Waals surface area contributed by atoms with Gasteiger partial charge in [0.25, 0.3) is 15.9 Å². The van der Waals surface area contributed by atoms with Crippen LogP contribution in [0.1, 0.15) is 22.3 Å². The van der Waals surface area contributed by atoms with Crippen LogP contribution in [0, 0.1) is 0 Å². The summed E-state index contributed by atoms with van der Waals surface area (Å²) in [5.74, 6) is -1.49. The number of sulfonamides is 1. The fourth-order valence-corrected chi connectivity index (χ4v) is 4.92. The molecule has 0 saturated carbocycles. The van der Waals surface area contributed by atoms with Gasteiger partial charge in [0, 0.05) is 27.3 Å². The van der Waals surface area contributed by atoms with Gasteiger partial charge in [-0.1, -0.05) is 53.5 Å². The van der Waals surface area contributed by atoms with Gasteiger partial charge in [-0.2, -0.15) is 0 Å². The van der Waals surface area contributed by atoms with Gasteiger partial charge in [0.05, 0.1) is 11.3 Å². The predicted octanol–water partition coefficient (Wildman–Crippen LogP) is 4.61. The van der Waals surface area contributed by atoms with E-state index in [4.69, 9.17) is 23.2 Å². The number of carbonyl (C=O) groups excluding carboxylic acids is 1. The molecule has 0 saturated heterocycles. The summed E-state index contributed by atoms with van der Waals surface area (Å²) in [4.78, 5) is 23.8. The number of benzene rings is 3. The van der Waals surface area contributed by atoms with Gasteiger partial charge in [-0.25, -0.2) is 8.42 Å². The average molecular weight is 507 g/mol. The van der Waals surface area contributed by atoms with Crippen LogP contribution >= 0.6 is 23.2 Å². The van der Waals surface area contributed by atoms with Crippen molar-refractivity contribution in [1.29, 1.82) is 0 Å². The highest BCUT2D eigenvalue weighted by Crippen LogP contribution is 2.24. The lowest BCUT2D eigenvalue weighted by atomic mass is 10.0. The molecule has 0 radical (unpaired) electrons. The number of halogens is 2. The zero-order chi connectivity index (χ0) is 24.0. The van der Waals surface area contributed by atoms with Gasteiger partial charge in [-0.05, 0) is 54.4 Å². The van der Waals surface area contributed by atoms with Crippen molar-refractivity contribution >= 4 is 50.8 Å². The molecule has 0 aliphatic carbocycles. The van der Waals surface area contributed by atoms with E-state index < -0.39 is 27.9 Å². The highest BCUT2D eigenvalue weighted by atomic mass is 35.5. The summed E-state index contributed by atoms with van der Waals surface area (Å²) in [5, 5.41) is 12.3. The number of rotatable bonds is 9. The van der Waals surface area contributed by atoms with Crippen LogP contribution in [0.3, 0.4) is 0 Å². The van der Waals surface area contributed by atoms with Crippen LogP contribution in [0.15, 0.2) is 77.7 Å². The molecule has 0 aliphatic heterocycles. The Labute approximate surface area is 201 Å². The summed E-state index contributed by atoms with van der Waals surface area (Å²) in [5.41, 5.74) is 1.39. The first-order chi connectivity index (χ1) is 15.6. The first-order valence-electron chi connectivity index (χ1n) is 9.78. The lowest BCUT2D eigenvalue weighted by molar-refractivity contribution is -0.137. The molecule has 1 atom stereocenters. The van der Waals surface area contributed by atoms with Gasteiger partial charge < -0.3 is 10.4 Å². The van der Waals surface area contributed by atoms with Crippen LogP contribution < -0.4 is 10.0 Å². The summed E-state index contributed by atoms with van der Waals surface area (Å²) in [6.45, 7) is 0. The Hall–Kier alpha value is -3.07. The van der Waals surface area contributed by atoms with E-state index in [9.17, 15) is 23.1 Å². The molecule has 0 aromatic heterocycles. The van der Waals surface area contributed by atoms with Gasteiger partial charge in [0.1, 0.15) is 0 Å². The van der Waals surface area contributed by atoms with Crippen LogP contribution in [0.4, 0.5) is 5.69 Å². The van der Waals surface area contributed by atoms with E-state index in [0.717, 1.165) is 5.56 Å². The lowest BCUT2D eigenvalue weighted by Crippen LogP contribution is -2.38. The van der Waals surface area contributed by atoms with Gasteiger partial charge in [0.2, 0.25) is 0 Å². The van der Waals surface area contributed by atoms with E-state index in [1.165, 1.54) is 42.5 Å². The Bertz CT molecular complexity index is 1230. The molecule has 172 valence electrons. The predicted molar refractivity (Wildman–Crippen MR) is 127 cm³/mol. The molecule has 7 nitrogen and oxygen atoms in total. The number of carbonyl (C=O) groups is 2. The van der Waals surface area contributed by atoms with Crippen LogP contribution in [0.25, 0.3) is 0 Å². The molecule has 0 aliphatic rings. The maximum atomic E-state index is 12.6. The molecule has 0 fully saturated rings. The summed E-state index contributed by atoms with van der Waals surface area (Å²) < 4.78 is 27.6. The van der Waals surface area contributed by atoms with E-state index in [1.807, 2.05) is 30.3 Å². The molecule has 0 bridgehead atoms. The largest absolute Gasteiger partial charge is 0.481 e. The molecule has 3 rings (SSSR count). The van der Waals surface area contributed by atoms with Crippen molar-refractivity contribution in [3.8, 4) is 0 Å². The second-order valence-corrected chi connectivity index (χ2v) is 9.80. The van der Waals surface area contributed by atoms with Crippen LogP contribution in [-0.4, -0.2) is 31.4 Å². The zero-order valence-corrected chi connectivity index (χ0v) is 19.5. The minimum absolute atomic E-state index is 0.0979. The third-order valence-electron chi connectivity index (χ3n) is 4.63. The minimum atomic E-state index is -3.94. The highest BCUT2D eigenvalue weighted by Gasteiger charge is 2.19. The van der Waals surface area contributed by atoms with E-state index in [0.29, 0.717) is 6.42 Å². The molecule has 1 unspecified atom stereocenters. The molecule has 33 heavy (non-hydrogen) atoms. The molecule has 3 N–H and O–H groups in total. The molecule has 3 aromatic carbocycles. The first-order valence-corrected chi connectivity index (χ1v) is 12.0. The van der Waals surface area contributed by atoms with Crippen molar-refractivity contribution in [3.05, 3.63) is 94.0 Å². The molecule has 10 heteroatoms. The Balaban J connectivity index is 1.70. The Morgan fingerprint density at radius 1 is 0.909 bits per heavy atom. The first kappa shape index (κ1) is 24.6. The molecule has 0 heterocycles. The monoisotopic (exact) mass is 506 g/mol.